The highest BCUT2D eigenvalue weighted by molar-refractivity contribution is 6.31. The molecule has 0 spiro atoms. The van der Waals surface area contributed by atoms with Gasteiger partial charge in [-0.2, -0.15) is 0 Å². The van der Waals surface area contributed by atoms with E-state index in [0.717, 1.165) is 43.5 Å². The van der Waals surface area contributed by atoms with Gasteiger partial charge in [-0.1, -0.05) is 29.8 Å². The van der Waals surface area contributed by atoms with Gasteiger partial charge in [0.2, 0.25) is 11.8 Å². The van der Waals surface area contributed by atoms with E-state index >= 15 is 0 Å². The molecule has 2 amide bonds. The Morgan fingerprint density at radius 3 is 2.54 bits per heavy atom. The third-order valence-electron chi connectivity index (χ3n) is 6.06. The van der Waals surface area contributed by atoms with Gasteiger partial charge in [0.05, 0.1) is 6.04 Å². The summed E-state index contributed by atoms with van der Waals surface area (Å²) in [6, 6.07) is 11.8. The van der Waals surface area contributed by atoms with Crippen LogP contribution in [0.25, 0.3) is 0 Å². The van der Waals surface area contributed by atoms with E-state index in [9.17, 15) is 9.59 Å². The number of nitrogens with zero attached hydrogens (tertiary/aromatic N) is 3. The molecule has 5 rings (SSSR count). The van der Waals surface area contributed by atoms with Crippen LogP contribution in [0.3, 0.4) is 0 Å². The molecule has 0 saturated heterocycles. The Kier molecular flexibility index (Phi) is 4.43. The molecule has 28 heavy (non-hydrogen) atoms. The van der Waals surface area contributed by atoms with Crippen molar-refractivity contribution < 1.29 is 9.59 Å². The summed E-state index contributed by atoms with van der Waals surface area (Å²) in [6.07, 6.45) is 6.02. The van der Waals surface area contributed by atoms with E-state index in [0.29, 0.717) is 11.6 Å². The molecule has 1 aromatic heterocycles. The average molecular weight is 398 g/mol. The van der Waals surface area contributed by atoms with Crippen LogP contribution in [0.1, 0.15) is 43.0 Å². The Morgan fingerprint density at radius 2 is 1.82 bits per heavy atom. The van der Waals surface area contributed by atoms with Gasteiger partial charge in [-0.3, -0.25) is 9.59 Å². The number of hydrogen-bond donors (Lipinski definition) is 0. The molecule has 1 atom stereocenters. The van der Waals surface area contributed by atoms with E-state index in [1.165, 1.54) is 0 Å². The van der Waals surface area contributed by atoms with Gasteiger partial charge in [0.25, 0.3) is 0 Å². The molecule has 0 radical (unpaired) electrons. The third-order valence-corrected chi connectivity index (χ3v) is 6.41. The quantitative estimate of drug-likeness (QED) is 0.775. The standard InChI is InChI=1S/C22H24ClN3O2/c23-18-5-2-1-4-17(18)21-19-6-3-11-24(19)12-13-25(21)20(27)14-26(16-9-10-16)22(28)15-7-8-15/h1-6,11,15-16,21H,7-10,12-14H2. The lowest BCUT2D eigenvalue weighted by Gasteiger charge is -2.39. The molecule has 1 unspecified atom stereocenters. The van der Waals surface area contributed by atoms with Gasteiger partial charge in [0, 0.05) is 42.0 Å². The number of benzene rings is 1. The SMILES string of the molecule is O=C(C1CC1)N(CC(=O)N1CCn2cccc2C1c1ccccc1Cl)C1CC1. The molecule has 0 N–H and O–H groups in total. The van der Waals surface area contributed by atoms with Gasteiger partial charge in [0.15, 0.2) is 0 Å². The van der Waals surface area contributed by atoms with Crippen molar-refractivity contribution in [3.05, 3.63) is 58.9 Å². The van der Waals surface area contributed by atoms with Crippen molar-refractivity contribution in [3.63, 3.8) is 0 Å². The fraction of sp³-hybridized carbons (Fsp3) is 0.455. The summed E-state index contributed by atoms with van der Waals surface area (Å²) in [6.45, 7) is 1.56. The second kappa shape index (κ2) is 6.96. The van der Waals surface area contributed by atoms with Gasteiger partial charge in [-0.25, -0.2) is 0 Å². The maximum atomic E-state index is 13.4. The zero-order valence-electron chi connectivity index (χ0n) is 15.8. The molecule has 2 heterocycles. The van der Waals surface area contributed by atoms with Crippen LogP contribution in [0.2, 0.25) is 5.02 Å². The molecule has 1 aromatic carbocycles. The fourth-order valence-corrected chi connectivity index (χ4v) is 4.49. The molecule has 6 heteroatoms. The number of carbonyl (C=O) groups excluding carboxylic acids is 2. The van der Waals surface area contributed by atoms with Crippen LogP contribution in [-0.2, 0) is 16.1 Å². The molecule has 2 aromatic rings. The molecule has 146 valence electrons. The summed E-state index contributed by atoms with van der Waals surface area (Å²) >= 11 is 6.52. The van der Waals surface area contributed by atoms with Crippen molar-refractivity contribution in [3.8, 4) is 0 Å². The average Bonchev–Trinajstić information content (AvgIpc) is 3.62. The van der Waals surface area contributed by atoms with E-state index in [2.05, 4.69) is 10.6 Å². The highest BCUT2D eigenvalue weighted by atomic mass is 35.5. The first-order valence-electron chi connectivity index (χ1n) is 10.1. The van der Waals surface area contributed by atoms with E-state index in [4.69, 9.17) is 11.6 Å². The van der Waals surface area contributed by atoms with Crippen molar-refractivity contribution >= 4 is 23.4 Å². The second-order valence-corrected chi connectivity index (χ2v) is 8.52. The van der Waals surface area contributed by atoms with Crippen molar-refractivity contribution in [2.24, 2.45) is 5.92 Å². The summed E-state index contributed by atoms with van der Waals surface area (Å²) in [7, 11) is 0. The van der Waals surface area contributed by atoms with Gasteiger partial charge in [-0.15, -0.1) is 0 Å². The molecule has 0 bridgehead atoms. The fourth-order valence-electron chi connectivity index (χ4n) is 4.25. The molecular formula is C22H24ClN3O2. The van der Waals surface area contributed by atoms with E-state index in [1.807, 2.05) is 46.3 Å². The molecule has 3 aliphatic rings. The van der Waals surface area contributed by atoms with Gasteiger partial charge in [-0.05, 0) is 49.4 Å². The Balaban J connectivity index is 1.44. The van der Waals surface area contributed by atoms with Crippen molar-refractivity contribution in [2.45, 2.75) is 44.3 Å². The van der Waals surface area contributed by atoms with Crippen molar-refractivity contribution in [2.75, 3.05) is 13.1 Å². The summed E-state index contributed by atoms with van der Waals surface area (Å²) in [5.74, 6) is 0.329. The van der Waals surface area contributed by atoms with Crippen LogP contribution in [-0.4, -0.2) is 45.3 Å². The molecule has 2 fully saturated rings. The summed E-state index contributed by atoms with van der Waals surface area (Å²) < 4.78 is 2.19. The lowest BCUT2D eigenvalue weighted by molar-refractivity contribution is -0.143. The van der Waals surface area contributed by atoms with Crippen LogP contribution >= 0.6 is 11.6 Å². The molecule has 1 aliphatic heterocycles. The number of amides is 2. The summed E-state index contributed by atoms with van der Waals surface area (Å²) in [5.41, 5.74) is 2.00. The van der Waals surface area contributed by atoms with E-state index < -0.39 is 0 Å². The van der Waals surface area contributed by atoms with Gasteiger partial charge in [0.1, 0.15) is 6.54 Å². The number of hydrogen-bond acceptors (Lipinski definition) is 2. The third kappa shape index (κ3) is 3.22. The highest BCUT2D eigenvalue weighted by Crippen LogP contribution is 2.38. The summed E-state index contributed by atoms with van der Waals surface area (Å²) in [5, 5.41) is 0.660. The Morgan fingerprint density at radius 1 is 1.04 bits per heavy atom. The lowest BCUT2D eigenvalue weighted by Crippen LogP contribution is -2.48. The van der Waals surface area contributed by atoms with E-state index in [-0.39, 0.29) is 36.4 Å². The summed E-state index contributed by atoms with van der Waals surface area (Å²) in [4.78, 5) is 29.8. The Hall–Kier alpha value is -2.27. The minimum atomic E-state index is -0.220. The topological polar surface area (TPSA) is 45.6 Å². The maximum absolute atomic E-state index is 13.4. The number of rotatable bonds is 5. The Bertz CT molecular complexity index is 916. The van der Waals surface area contributed by atoms with Crippen molar-refractivity contribution in [1.29, 1.82) is 0 Å². The predicted octanol–water partition coefficient (Wildman–Crippen LogP) is 3.47. The monoisotopic (exact) mass is 397 g/mol. The van der Waals surface area contributed by atoms with Crippen molar-refractivity contribution in [1.82, 2.24) is 14.4 Å². The molecule has 5 nitrogen and oxygen atoms in total. The number of halogens is 1. The number of aromatic nitrogens is 1. The first-order chi connectivity index (χ1) is 13.6. The molecule has 2 saturated carbocycles. The normalized spacial score (nSPS) is 21.3. The van der Waals surface area contributed by atoms with Gasteiger partial charge < -0.3 is 14.4 Å². The maximum Gasteiger partial charge on any atom is 0.243 e. The van der Waals surface area contributed by atoms with Crippen LogP contribution in [0.4, 0.5) is 0 Å². The number of fused-ring (bicyclic) bond motifs is 1. The minimum Gasteiger partial charge on any atom is -0.348 e. The van der Waals surface area contributed by atoms with Crippen LogP contribution in [0, 0.1) is 5.92 Å². The van der Waals surface area contributed by atoms with Gasteiger partial charge >= 0.3 is 0 Å². The second-order valence-electron chi connectivity index (χ2n) is 8.11. The molecule has 2 aliphatic carbocycles. The van der Waals surface area contributed by atoms with Crippen LogP contribution in [0.5, 0.6) is 0 Å². The lowest BCUT2D eigenvalue weighted by atomic mass is 9.99. The largest absolute Gasteiger partial charge is 0.348 e. The number of carbonyl (C=O) groups is 2. The van der Waals surface area contributed by atoms with Crippen LogP contribution < -0.4 is 0 Å². The highest BCUT2D eigenvalue weighted by Gasteiger charge is 2.42. The van der Waals surface area contributed by atoms with Crippen LogP contribution in [0.15, 0.2) is 42.6 Å². The minimum absolute atomic E-state index is 0.0123. The zero-order valence-corrected chi connectivity index (χ0v) is 16.5. The van der Waals surface area contributed by atoms with E-state index in [1.54, 1.807) is 0 Å². The zero-order chi connectivity index (χ0) is 19.3. The molecular weight excluding hydrogens is 374 g/mol. The Labute approximate surface area is 169 Å². The first kappa shape index (κ1) is 17.8. The predicted molar refractivity (Wildman–Crippen MR) is 107 cm³/mol. The smallest absolute Gasteiger partial charge is 0.243 e. The first-order valence-corrected chi connectivity index (χ1v) is 10.5.